The Morgan fingerprint density at radius 1 is 1.18 bits per heavy atom. The number of anilines is 1. The van der Waals surface area contributed by atoms with E-state index in [0.717, 1.165) is 23.0 Å². The van der Waals surface area contributed by atoms with Crippen molar-refractivity contribution >= 4 is 5.69 Å². The second-order valence-electron chi connectivity index (χ2n) is 4.07. The molecule has 0 spiro atoms. The second-order valence-corrected chi connectivity index (χ2v) is 4.07. The molecule has 0 amide bonds. The van der Waals surface area contributed by atoms with Crippen molar-refractivity contribution < 1.29 is 9.15 Å². The third-order valence-electron chi connectivity index (χ3n) is 2.61. The van der Waals surface area contributed by atoms with Crippen LogP contribution in [-0.2, 0) is 6.54 Å². The number of hydrogen-bond donors (Lipinski definition) is 1. The fourth-order valence-corrected chi connectivity index (χ4v) is 1.71. The quantitative estimate of drug-likeness (QED) is 0.874. The van der Waals surface area contributed by atoms with Crippen LogP contribution in [0.4, 0.5) is 5.69 Å². The number of ether oxygens (including phenoxy) is 1. The van der Waals surface area contributed by atoms with E-state index < -0.39 is 0 Å². The predicted octanol–water partition coefficient (Wildman–Crippen LogP) is 3.52. The van der Waals surface area contributed by atoms with Gasteiger partial charge in [-0.25, -0.2) is 0 Å². The van der Waals surface area contributed by atoms with Crippen LogP contribution in [0.2, 0.25) is 0 Å². The molecule has 0 unspecified atom stereocenters. The van der Waals surface area contributed by atoms with E-state index in [1.165, 1.54) is 5.56 Å². The summed E-state index contributed by atoms with van der Waals surface area (Å²) in [4.78, 5) is 0. The molecule has 3 nitrogen and oxygen atoms in total. The summed E-state index contributed by atoms with van der Waals surface area (Å²) >= 11 is 0. The molecule has 2 aromatic rings. The van der Waals surface area contributed by atoms with Crippen molar-refractivity contribution in [2.24, 2.45) is 0 Å². The highest BCUT2D eigenvalue weighted by molar-refractivity contribution is 5.57. The number of methoxy groups -OCH3 is 1. The van der Waals surface area contributed by atoms with Crippen LogP contribution in [0.25, 0.3) is 0 Å². The molecule has 90 valence electrons. The first-order valence-electron chi connectivity index (χ1n) is 5.63. The highest BCUT2D eigenvalue weighted by atomic mass is 16.5. The van der Waals surface area contributed by atoms with Crippen molar-refractivity contribution in [3.05, 3.63) is 47.4 Å². The lowest BCUT2D eigenvalue weighted by Crippen LogP contribution is -2.00. The number of furan rings is 1. The molecule has 0 aliphatic rings. The summed E-state index contributed by atoms with van der Waals surface area (Å²) in [6.07, 6.45) is 0. The average Bonchev–Trinajstić information content (AvgIpc) is 2.73. The summed E-state index contributed by atoms with van der Waals surface area (Å²) in [6.45, 7) is 4.64. The molecular weight excluding hydrogens is 214 g/mol. The molecular formula is C14H17NO2. The van der Waals surface area contributed by atoms with Crippen LogP contribution < -0.4 is 10.1 Å². The Hall–Kier alpha value is -1.90. The number of aryl methyl sites for hydroxylation is 2. The van der Waals surface area contributed by atoms with E-state index in [2.05, 4.69) is 11.4 Å². The maximum absolute atomic E-state index is 5.50. The van der Waals surface area contributed by atoms with E-state index in [-0.39, 0.29) is 0 Å². The van der Waals surface area contributed by atoms with Gasteiger partial charge in [0.25, 0.3) is 0 Å². The Bertz CT molecular complexity index is 503. The van der Waals surface area contributed by atoms with Gasteiger partial charge in [-0.1, -0.05) is 6.07 Å². The first-order valence-corrected chi connectivity index (χ1v) is 5.63. The van der Waals surface area contributed by atoms with Gasteiger partial charge >= 0.3 is 0 Å². The molecule has 0 atom stereocenters. The zero-order chi connectivity index (χ0) is 12.3. The van der Waals surface area contributed by atoms with E-state index in [1.807, 2.05) is 38.1 Å². The van der Waals surface area contributed by atoms with Crippen molar-refractivity contribution in [3.8, 4) is 5.75 Å². The SMILES string of the molecule is COc1cc(C)ccc1NCc1ccc(C)o1. The molecule has 2 rings (SSSR count). The van der Waals surface area contributed by atoms with Crippen molar-refractivity contribution in [1.82, 2.24) is 0 Å². The van der Waals surface area contributed by atoms with Gasteiger partial charge in [0.05, 0.1) is 19.3 Å². The smallest absolute Gasteiger partial charge is 0.142 e. The lowest BCUT2D eigenvalue weighted by Gasteiger charge is -2.10. The second kappa shape index (κ2) is 4.95. The van der Waals surface area contributed by atoms with Crippen LogP contribution >= 0.6 is 0 Å². The minimum atomic E-state index is 0.660. The Kier molecular flexibility index (Phi) is 3.38. The molecule has 17 heavy (non-hydrogen) atoms. The Morgan fingerprint density at radius 3 is 2.65 bits per heavy atom. The third-order valence-corrected chi connectivity index (χ3v) is 2.61. The number of hydrogen-bond acceptors (Lipinski definition) is 3. The molecule has 1 aromatic carbocycles. The van der Waals surface area contributed by atoms with Crippen LogP contribution in [0.3, 0.4) is 0 Å². The van der Waals surface area contributed by atoms with Crippen LogP contribution in [0.5, 0.6) is 5.75 Å². The first-order chi connectivity index (χ1) is 8.19. The third kappa shape index (κ3) is 2.81. The van der Waals surface area contributed by atoms with Gasteiger partial charge in [-0.2, -0.15) is 0 Å². The molecule has 0 saturated carbocycles. The Labute approximate surface area is 101 Å². The maximum Gasteiger partial charge on any atom is 0.142 e. The monoisotopic (exact) mass is 231 g/mol. The number of nitrogens with one attached hydrogen (secondary N) is 1. The molecule has 0 aliphatic heterocycles. The summed E-state index contributed by atoms with van der Waals surface area (Å²) < 4.78 is 10.8. The van der Waals surface area contributed by atoms with Gasteiger partial charge in [0.15, 0.2) is 0 Å². The number of benzene rings is 1. The molecule has 3 heteroatoms. The first kappa shape index (κ1) is 11.6. The van der Waals surface area contributed by atoms with Gasteiger partial charge in [-0.15, -0.1) is 0 Å². The Balaban J connectivity index is 2.08. The van der Waals surface area contributed by atoms with E-state index in [0.29, 0.717) is 6.54 Å². The Morgan fingerprint density at radius 2 is 2.00 bits per heavy atom. The predicted molar refractivity (Wildman–Crippen MR) is 68.5 cm³/mol. The molecule has 0 saturated heterocycles. The minimum Gasteiger partial charge on any atom is -0.495 e. The molecule has 0 bridgehead atoms. The summed E-state index contributed by atoms with van der Waals surface area (Å²) in [5.74, 6) is 2.70. The van der Waals surface area contributed by atoms with E-state index in [1.54, 1.807) is 7.11 Å². The molecule has 0 fully saturated rings. The standard InChI is InChI=1S/C14H17NO2/c1-10-4-7-13(14(8-10)16-3)15-9-12-6-5-11(2)17-12/h4-8,15H,9H2,1-3H3. The average molecular weight is 231 g/mol. The van der Waals surface area contributed by atoms with Gasteiger partial charge in [0, 0.05) is 0 Å². The molecule has 0 aliphatic carbocycles. The van der Waals surface area contributed by atoms with E-state index >= 15 is 0 Å². The zero-order valence-corrected chi connectivity index (χ0v) is 10.4. The topological polar surface area (TPSA) is 34.4 Å². The molecule has 1 heterocycles. The van der Waals surface area contributed by atoms with Gasteiger partial charge in [-0.05, 0) is 43.7 Å². The molecule has 1 N–H and O–H groups in total. The van der Waals surface area contributed by atoms with Gasteiger partial charge in [0.1, 0.15) is 17.3 Å². The van der Waals surface area contributed by atoms with E-state index in [9.17, 15) is 0 Å². The summed E-state index contributed by atoms with van der Waals surface area (Å²) in [5.41, 5.74) is 2.16. The fraction of sp³-hybridized carbons (Fsp3) is 0.286. The lowest BCUT2D eigenvalue weighted by molar-refractivity contribution is 0.415. The van der Waals surface area contributed by atoms with Crippen LogP contribution in [0, 0.1) is 13.8 Å². The van der Waals surface area contributed by atoms with E-state index in [4.69, 9.17) is 9.15 Å². The highest BCUT2D eigenvalue weighted by Gasteiger charge is 2.04. The van der Waals surface area contributed by atoms with Crippen molar-refractivity contribution in [2.75, 3.05) is 12.4 Å². The van der Waals surface area contributed by atoms with Gasteiger partial charge < -0.3 is 14.5 Å². The van der Waals surface area contributed by atoms with Crippen LogP contribution in [0.1, 0.15) is 17.1 Å². The highest BCUT2D eigenvalue weighted by Crippen LogP contribution is 2.25. The van der Waals surface area contributed by atoms with Gasteiger partial charge in [0.2, 0.25) is 0 Å². The van der Waals surface area contributed by atoms with Crippen molar-refractivity contribution in [1.29, 1.82) is 0 Å². The lowest BCUT2D eigenvalue weighted by atomic mass is 10.2. The van der Waals surface area contributed by atoms with Crippen LogP contribution in [-0.4, -0.2) is 7.11 Å². The largest absolute Gasteiger partial charge is 0.495 e. The van der Waals surface area contributed by atoms with Crippen LogP contribution in [0.15, 0.2) is 34.7 Å². The van der Waals surface area contributed by atoms with Crippen molar-refractivity contribution in [3.63, 3.8) is 0 Å². The minimum absolute atomic E-state index is 0.660. The van der Waals surface area contributed by atoms with Gasteiger partial charge in [-0.3, -0.25) is 0 Å². The van der Waals surface area contributed by atoms with Crippen molar-refractivity contribution in [2.45, 2.75) is 20.4 Å². The normalized spacial score (nSPS) is 10.3. The summed E-state index contributed by atoms with van der Waals surface area (Å²) in [5, 5.41) is 3.30. The summed E-state index contributed by atoms with van der Waals surface area (Å²) in [6, 6.07) is 10.0. The summed E-state index contributed by atoms with van der Waals surface area (Å²) in [7, 11) is 1.68. The number of rotatable bonds is 4. The zero-order valence-electron chi connectivity index (χ0n) is 10.4. The fourth-order valence-electron chi connectivity index (χ4n) is 1.71. The molecule has 0 radical (unpaired) electrons. The maximum atomic E-state index is 5.50. The molecule has 1 aromatic heterocycles.